The molecule has 0 aliphatic carbocycles. The smallest absolute Gasteiger partial charge is 0.286 e. The van der Waals surface area contributed by atoms with Gasteiger partial charge in [0.15, 0.2) is 16.7 Å². The standard InChI is InChI=1S/C21H18BrFN2O4S/c1-3-28-17-9-13(10-18-20(27)25-21(30-18)24-12(2)26)8-15(22)19(17)29-11-14-6-4-5-7-16(14)23/h4-10H,3,11H2,1-2H3,(H,24,25,26,27). The number of halogens is 2. The summed E-state index contributed by atoms with van der Waals surface area (Å²) in [6.07, 6.45) is 1.65. The number of ether oxygens (including phenoxy) is 2. The summed E-state index contributed by atoms with van der Waals surface area (Å²) in [5.74, 6) is -0.193. The molecule has 156 valence electrons. The molecule has 0 saturated heterocycles. The van der Waals surface area contributed by atoms with E-state index in [4.69, 9.17) is 9.47 Å². The lowest BCUT2D eigenvalue weighted by Crippen LogP contribution is -2.23. The van der Waals surface area contributed by atoms with Crippen LogP contribution in [0.2, 0.25) is 0 Å². The van der Waals surface area contributed by atoms with Crippen LogP contribution in [0, 0.1) is 5.82 Å². The number of rotatable bonds is 6. The Morgan fingerprint density at radius 1 is 1.30 bits per heavy atom. The number of benzene rings is 2. The van der Waals surface area contributed by atoms with E-state index in [1.54, 1.807) is 36.4 Å². The maximum Gasteiger partial charge on any atom is 0.286 e. The number of amides is 2. The maximum absolute atomic E-state index is 13.9. The highest BCUT2D eigenvalue weighted by Crippen LogP contribution is 2.39. The monoisotopic (exact) mass is 492 g/mol. The van der Waals surface area contributed by atoms with Crippen molar-refractivity contribution < 1.29 is 23.5 Å². The van der Waals surface area contributed by atoms with Gasteiger partial charge < -0.3 is 14.8 Å². The van der Waals surface area contributed by atoms with Gasteiger partial charge in [-0.25, -0.2) is 4.39 Å². The highest BCUT2D eigenvalue weighted by Gasteiger charge is 2.23. The predicted octanol–water partition coefficient (Wildman–Crippen LogP) is 4.67. The first kappa shape index (κ1) is 22.0. The normalized spacial score (nSPS) is 14.6. The second-order valence-electron chi connectivity index (χ2n) is 6.16. The SMILES string of the molecule is CCOc1cc(C=C2SC(NC(C)=O)=NC2=O)cc(Br)c1OCc1ccccc1F. The van der Waals surface area contributed by atoms with E-state index in [0.29, 0.717) is 38.6 Å². The minimum Gasteiger partial charge on any atom is -0.490 e. The van der Waals surface area contributed by atoms with Crippen molar-refractivity contribution >= 4 is 50.7 Å². The molecule has 1 aliphatic rings. The lowest BCUT2D eigenvalue weighted by molar-refractivity contribution is -0.117. The van der Waals surface area contributed by atoms with Gasteiger partial charge >= 0.3 is 0 Å². The van der Waals surface area contributed by atoms with Crippen molar-refractivity contribution in [1.29, 1.82) is 0 Å². The van der Waals surface area contributed by atoms with Crippen molar-refractivity contribution in [2.45, 2.75) is 20.5 Å². The van der Waals surface area contributed by atoms with Crippen LogP contribution < -0.4 is 14.8 Å². The zero-order valence-corrected chi connectivity index (χ0v) is 18.6. The molecule has 0 unspecified atom stereocenters. The summed E-state index contributed by atoms with van der Waals surface area (Å²) in [5.41, 5.74) is 1.10. The molecule has 30 heavy (non-hydrogen) atoms. The fourth-order valence-electron chi connectivity index (χ4n) is 2.60. The molecule has 2 aromatic rings. The molecule has 0 saturated carbocycles. The van der Waals surface area contributed by atoms with Crippen molar-refractivity contribution in [2.24, 2.45) is 4.99 Å². The van der Waals surface area contributed by atoms with Crippen molar-refractivity contribution in [3.05, 3.63) is 62.7 Å². The molecule has 0 bridgehead atoms. The zero-order chi connectivity index (χ0) is 21.7. The van der Waals surface area contributed by atoms with E-state index in [9.17, 15) is 14.0 Å². The molecule has 1 N–H and O–H groups in total. The van der Waals surface area contributed by atoms with E-state index in [2.05, 4.69) is 26.2 Å². The third kappa shape index (κ3) is 5.48. The van der Waals surface area contributed by atoms with Gasteiger partial charge in [0, 0.05) is 12.5 Å². The molecule has 1 aliphatic heterocycles. The number of amidine groups is 1. The molecule has 2 amide bonds. The second kappa shape index (κ2) is 9.90. The molecule has 6 nitrogen and oxygen atoms in total. The number of carbonyl (C=O) groups excluding carboxylic acids is 2. The van der Waals surface area contributed by atoms with Gasteiger partial charge in [0.2, 0.25) is 5.91 Å². The van der Waals surface area contributed by atoms with E-state index >= 15 is 0 Å². The largest absolute Gasteiger partial charge is 0.490 e. The zero-order valence-electron chi connectivity index (χ0n) is 16.2. The van der Waals surface area contributed by atoms with Crippen molar-refractivity contribution in [3.63, 3.8) is 0 Å². The van der Waals surface area contributed by atoms with Crippen molar-refractivity contribution in [1.82, 2.24) is 5.32 Å². The minimum atomic E-state index is -0.433. The summed E-state index contributed by atoms with van der Waals surface area (Å²) in [6.45, 7) is 3.62. The molecule has 3 rings (SSSR count). The molecular formula is C21H18BrFN2O4S. The van der Waals surface area contributed by atoms with Crippen LogP contribution in [-0.2, 0) is 16.2 Å². The van der Waals surface area contributed by atoms with Gasteiger partial charge in [0.05, 0.1) is 16.0 Å². The summed E-state index contributed by atoms with van der Waals surface area (Å²) in [7, 11) is 0. The molecule has 0 fully saturated rings. The Kier molecular flexibility index (Phi) is 7.28. The topological polar surface area (TPSA) is 77.0 Å². The number of hydrogen-bond acceptors (Lipinski definition) is 5. The summed E-state index contributed by atoms with van der Waals surface area (Å²) < 4.78 is 26.0. The average Bonchev–Trinajstić information content (AvgIpc) is 3.00. The van der Waals surface area contributed by atoms with Gasteiger partial charge in [-0.3, -0.25) is 9.59 Å². The van der Waals surface area contributed by atoms with E-state index in [1.807, 2.05) is 6.92 Å². The number of nitrogens with zero attached hydrogens (tertiary/aromatic N) is 1. The number of carbonyl (C=O) groups is 2. The Morgan fingerprint density at radius 2 is 2.07 bits per heavy atom. The van der Waals surface area contributed by atoms with Crippen LogP contribution >= 0.6 is 27.7 Å². The van der Waals surface area contributed by atoms with Crippen LogP contribution in [0.5, 0.6) is 11.5 Å². The predicted molar refractivity (Wildman–Crippen MR) is 118 cm³/mol. The minimum absolute atomic E-state index is 0.0358. The molecule has 0 atom stereocenters. The first-order valence-corrected chi connectivity index (χ1v) is 10.6. The molecule has 9 heteroatoms. The van der Waals surface area contributed by atoms with Gasteiger partial charge in [-0.2, -0.15) is 4.99 Å². The van der Waals surface area contributed by atoms with Gasteiger partial charge in [0.25, 0.3) is 5.91 Å². The van der Waals surface area contributed by atoms with Crippen LogP contribution in [0.4, 0.5) is 4.39 Å². The highest BCUT2D eigenvalue weighted by molar-refractivity contribution is 9.10. The van der Waals surface area contributed by atoms with Crippen LogP contribution in [-0.4, -0.2) is 23.6 Å². The Bertz CT molecular complexity index is 1060. The molecular weight excluding hydrogens is 475 g/mol. The number of thioether (sulfide) groups is 1. The van der Waals surface area contributed by atoms with Gasteiger partial charge in [0.1, 0.15) is 12.4 Å². The maximum atomic E-state index is 13.9. The molecule has 0 aromatic heterocycles. The van der Waals surface area contributed by atoms with Crippen LogP contribution in [0.25, 0.3) is 6.08 Å². The summed E-state index contributed by atoms with van der Waals surface area (Å²) >= 11 is 4.54. The van der Waals surface area contributed by atoms with Crippen LogP contribution in [0.1, 0.15) is 25.0 Å². The number of nitrogens with one attached hydrogen (secondary N) is 1. The van der Waals surface area contributed by atoms with Crippen LogP contribution in [0.3, 0.4) is 0 Å². The lowest BCUT2D eigenvalue weighted by atomic mass is 10.1. The fourth-order valence-corrected chi connectivity index (χ4v) is 4.04. The van der Waals surface area contributed by atoms with E-state index < -0.39 is 5.91 Å². The lowest BCUT2D eigenvalue weighted by Gasteiger charge is -2.15. The van der Waals surface area contributed by atoms with Crippen molar-refractivity contribution in [2.75, 3.05) is 6.61 Å². The number of aliphatic imine (C=N–C) groups is 1. The van der Waals surface area contributed by atoms with Crippen LogP contribution in [0.15, 0.2) is 50.8 Å². The first-order valence-electron chi connectivity index (χ1n) is 9.00. The molecule has 2 aromatic carbocycles. The number of hydrogen-bond donors (Lipinski definition) is 1. The average molecular weight is 493 g/mol. The Morgan fingerprint density at radius 3 is 2.77 bits per heavy atom. The molecule has 1 heterocycles. The quantitative estimate of drug-likeness (QED) is 0.592. The summed E-state index contributed by atoms with van der Waals surface area (Å²) in [4.78, 5) is 27.4. The van der Waals surface area contributed by atoms with Crippen molar-refractivity contribution in [3.8, 4) is 11.5 Å². The second-order valence-corrected chi connectivity index (χ2v) is 8.04. The van der Waals surface area contributed by atoms with Gasteiger partial charge in [-0.1, -0.05) is 18.2 Å². The molecule has 0 spiro atoms. The summed E-state index contributed by atoms with van der Waals surface area (Å²) in [5, 5.41) is 2.75. The summed E-state index contributed by atoms with van der Waals surface area (Å²) in [6, 6.07) is 9.87. The molecule has 0 radical (unpaired) electrons. The van der Waals surface area contributed by atoms with Gasteiger partial charge in [-0.15, -0.1) is 0 Å². The van der Waals surface area contributed by atoms with E-state index in [0.717, 1.165) is 11.8 Å². The Labute approximate surface area is 185 Å². The Balaban J connectivity index is 1.84. The first-order chi connectivity index (χ1) is 14.4. The van der Waals surface area contributed by atoms with E-state index in [1.165, 1.54) is 13.0 Å². The fraction of sp³-hybridized carbons (Fsp3) is 0.190. The highest BCUT2D eigenvalue weighted by atomic mass is 79.9. The van der Waals surface area contributed by atoms with Gasteiger partial charge in [-0.05, 0) is 64.5 Å². The third-order valence-electron chi connectivity index (χ3n) is 3.86. The third-order valence-corrected chi connectivity index (χ3v) is 5.35. The van der Waals surface area contributed by atoms with E-state index in [-0.39, 0.29) is 23.5 Å². The Hall–Kier alpha value is -2.65.